The fraction of sp³-hybridized carbons (Fsp3) is 0.906. The van der Waals surface area contributed by atoms with Crippen LogP contribution in [0, 0.1) is 5.41 Å². The number of esters is 3. The molecule has 0 aliphatic rings. The lowest BCUT2D eigenvalue weighted by Crippen LogP contribution is -2.33. The van der Waals surface area contributed by atoms with Gasteiger partial charge in [0.2, 0.25) is 0 Å². The molecule has 0 aromatic heterocycles. The van der Waals surface area contributed by atoms with E-state index in [-0.39, 0.29) is 31.1 Å². The third kappa shape index (κ3) is 23.5. The van der Waals surface area contributed by atoms with Gasteiger partial charge in [0.25, 0.3) is 0 Å². The van der Waals surface area contributed by atoms with Crippen molar-refractivity contribution in [2.75, 3.05) is 13.2 Å². The molecule has 0 aliphatic heterocycles. The number of hydrogen-bond acceptors (Lipinski definition) is 6. The number of ether oxygens (including phenoxy) is 3. The van der Waals surface area contributed by atoms with E-state index in [1.807, 2.05) is 0 Å². The molecule has 6 heteroatoms. The van der Waals surface area contributed by atoms with Gasteiger partial charge in [-0.15, -0.1) is 0 Å². The van der Waals surface area contributed by atoms with Gasteiger partial charge in [0.1, 0.15) is 13.2 Å². The zero-order valence-corrected chi connectivity index (χ0v) is 25.6. The normalized spacial score (nSPS) is 12.2. The average Bonchev–Trinajstić information content (AvgIpc) is 2.87. The Balaban J connectivity index is 4.27. The van der Waals surface area contributed by atoms with E-state index in [0.29, 0.717) is 12.8 Å². The molecule has 0 aromatic carbocycles. The van der Waals surface area contributed by atoms with Crippen LogP contribution in [0.5, 0.6) is 0 Å². The van der Waals surface area contributed by atoms with Crippen LogP contribution in [0.3, 0.4) is 0 Å². The van der Waals surface area contributed by atoms with Crippen LogP contribution in [0.4, 0.5) is 0 Å². The van der Waals surface area contributed by atoms with Gasteiger partial charge in [-0.05, 0) is 33.6 Å². The summed E-state index contributed by atoms with van der Waals surface area (Å²) in [6.07, 6.45) is 21.1. The lowest BCUT2D eigenvalue weighted by atomic mass is 9.97. The summed E-state index contributed by atoms with van der Waals surface area (Å²) in [5, 5.41) is 0. The second-order valence-electron chi connectivity index (χ2n) is 11.8. The number of rotatable bonds is 25. The maximum absolute atomic E-state index is 12.4. The van der Waals surface area contributed by atoms with Crippen LogP contribution in [-0.2, 0) is 28.6 Å². The summed E-state index contributed by atoms with van der Waals surface area (Å²) in [5.41, 5.74) is -0.655. The minimum atomic E-state index is -0.778. The largest absolute Gasteiger partial charge is 0.462 e. The molecule has 0 saturated carbocycles. The fourth-order valence-corrected chi connectivity index (χ4v) is 4.16. The zero-order valence-electron chi connectivity index (χ0n) is 25.6. The Bertz CT molecular complexity index is 595. The first-order valence-corrected chi connectivity index (χ1v) is 15.7. The number of hydrogen-bond donors (Lipinski definition) is 0. The van der Waals surface area contributed by atoms with E-state index in [9.17, 15) is 14.4 Å². The van der Waals surface area contributed by atoms with E-state index in [2.05, 4.69) is 13.8 Å². The summed E-state index contributed by atoms with van der Waals surface area (Å²) >= 11 is 0. The van der Waals surface area contributed by atoms with E-state index >= 15 is 0 Å². The first-order chi connectivity index (χ1) is 18.2. The molecule has 0 amide bonds. The molecule has 0 heterocycles. The Kier molecular flexibility index (Phi) is 23.4. The molecule has 224 valence electrons. The van der Waals surface area contributed by atoms with Crippen molar-refractivity contribution in [1.29, 1.82) is 0 Å². The average molecular weight is 541 g/mol. The van der Waals surface area contributed by atoms with Crippen LogP contribution in [0.1, 0.15) is 163 Å². The molecule has 0 unspecified atom stereocenters. The molecular formula is C32H60O6. The summed E-state index contributed by atoms with van der Waals surface area (Å²) in [7, 11) is 0. The van der Waals surface area contributed by atoms with Gasteiger partial charge in [-0.25, -0.2) is 0 Å². The summed E-state index contributed by atoms with van der Waals surface area (Å²) in [6, 6.07) is 0. The number of carbonyl (C=O) groups is 3. The molecule has 1 atom stereocenters. The molecule has 0 saturated heterocycles. The minimum absolute atomic E-state index is 0.0861. The molecule has 0 N–H and O–H groups in total. The summed E-state index contributed by atoms with van der Waals surface area (Å²) < 4.78 is 16.3. The Morgan fingerprint density at radius 2 is 0.895 bits per heavy atom. The second kappa shape index (κ2) is 24.5. The summed E-state index contributed by atoms with van der Waals surface area (Å²) in [6.45, 7) is 9.56. The van der Waals surface area contributed by atoms with Gasteiger partial charge in [-0.2, -0.15) is 0 Å². The molecule has 38 heavy (non-hydrogen) atoms. The smallest absolute Gasteiger partial charge is 0.311 e. The lowest BCUT2D eigenvalue weighted by molar-refractivity contribution is -0.170. The SMILES string of the molecule is CCCCCCCCCCCC(=O)OC[C@H](COC(=O)C(C)(C)C)OC(=O)CCCCCCCCCCC. The van der Waals surface area contributed by atoms with Crippen LogP contribution in [0.15, 0.2) is 0 Å². The van der Waals surface area contributed by atoms with Crippen molar-refractivity contribution >= 4 is 17.9 Å². The van der Waals surface area contributed by atoms with Gasteiger partial charge in [0, 0.05) is 12.8 Å². The highest BCUT2D eigenvalue weighted by molar-refractivity contribution is 5.75. The van der Waals surface area contributed by atoms with Gasteiger partial charge < -0.3 is 14.2 Å². The van der Waals surface area contributed by atoms with Crippen LogP contribution in [-0.4, -0.2) is 37.2 Å². The predicted molar refractivity (Wildman–Crippen MR) is 155 cm³/mol. The molecule has 0 aliphatic carbocycles. The van der Waals surface area contributed by atoms with Crippen molar-refractivity contribution in [3.63, 3.8) is 0 Å². The molecule has 0 rings (SSSR count). The minimum Gasteiger partial charge on any atom is -0.462 e. The van der Waals surface area contributed by atoms with Crippen LogP contribution >= 0.6 is 0 Å². The van der Waals surface area contributed by atoms with Gasteiger partial charge in [-0.3, -0.25) is 14.4 Å². The van der Waals surface area contributed by atoms with E-state index < -0.39 is 11.5 Å². The first-order valence-electron chi connectivity index (χ1n) is 15.7. The van der Waals surface area contributed by atoms with Crippen molar-refractivity contribution in [3.05, 3.63) is 0 Å². The molecule has 0 aromatic rings. The molecule has 0 bridgehead atoms. The number of carbonyl (C=O) groups excluding carboxylic acids is 3. The number of unbranched alkanes of at least 4 members (excludes halogenated alkanes) is 16. The zero-order chi connectivity index (χ0) is 28.5. The van der Waals surface area contributed by atoms with Gasteiger partial charge in [0.05, 0.1) is 5.41 Å². The predicted octanol–water partition coefficient (Wildman–Crippen LogP) is 8.87. The van der Waals surface area contributed by atoms with Crippen LogP contribution < -0.4 is 0 Å². The molecule has 6 nitrogen and oxygen atoms in total. The van der Waals surface area contributed by atoms with Crippen molar-refractivity contribution in [3.8, 4) is 0 Å². The maximum Gasteiger partial charge on any atom is 0.311 e. The molecule has 0 spiro atoms. The van der Waals surface area contributed by atoms with Crippen molar-refractivity contribution < 1.29 is 28.6 Å². The third-order valence-electron chi connectivity index (χ3n) is 6.71. The van der Waals surface area contributed by atoms with E-state index in [4.69, 9.17) is 14.2 Å². The van der Waals surface area contributed by atoms with Crippen molar-refractivity contribution in [2.24, 2.45) is 5.41 Å². The van der Waals surface area contributed by atoms with Crippen molar-refractivity contribution in [2.45, 2.75) is 169 Å². The molecule has 0 radical (unpaired) electrons. The van der Waals surface area contributed by atoms with Gasteiger partial charge in [0.15, 0.2) is 6.10 Å². The Morgan fingerprint density at radius 3 is 1.32 bits per heavy atom. The molecule has 0 fully saturated rings. The highest BCUT2D eigenvalue weighted by atomic mass is 16.6. The Morgan fingerprint density at radius 1 is 0.526 bits per heavy atom. The van der Waals surface area contributed by atoms with Gasteiger partial charge >= 0.3 is 17.9 Å². The first kappa shape index (κ1) is 36.4. The fourth-order valence-electron chi connectivity index (χ4n) is 4.16. The second-order valence-corrected chi connectivity index (χ2v) is 11.8. The van der Waals surface area contributed by atoms with E-state index in [1.54, 1.807) is 20.8 Å². The standard InChI is InChI=1S/C32H60O6/c1-6-8-10-12-14-16-18-20-22-24-29(33)36-26-28(27-37-31(35)32(3,4)5)38-30(34)25-23-21-19-17-15-13-11-9-7-2/h28H,6-27H2,1-5H3/t28-/m1/s1. The maximum atomic E-state index is 12.4. The highest BCUT2D eigenvalue weighted by Gasteiger charge is 2.26. The van der Waals surface area contributed by atoms with Crippen LogP contribution in [0.25, 0.3) is 0 Å². The summed E-state index contributed by atoms with van der Waals surface area (Å²) in [4.78, 5) is 36.8. The molecular weight excluding hydrogens is 480 g/mol. The summed E-state index contributed by atoms with van der Waals surface area (Å²) in [5.74, 6) is -1.01. The van der Waals surface area contributed by atoms with Crippen molar-refractivity contribution in [1.82, 2.24) is 0 Å². The monoisotopic (exact) mass is 540 g/mol. The lowest BCUT2D eigenvalue weighted by Gasteiger charge is -2.21. The van der Waals surface area contributed by atoms with E-state index in [1.165, 1.54) is 77.0 Å². The van der Waals surface area contributed by atoms with Crippen LogP contribution in [0.2, 0.25) is 0 Å². The van der Waals surface area contributed by atoms with E-state index in [0.717, 1.165) is 38.5 Å². The quantitative estimate of drug-likeness (QED) is 0.0653. The Labute approximate surface area is 234 Å². The Hall–Kier alpha value is -1.59. The van der Waals surface area contributed by atoms with Gasteiger partial charge in [-0.1, -0.05) is 117 Å². The third-order valence-corrected chi connectivity index (χ3v) is 6.71. The highest BCUT2D eigenvalue weighted by Crippen LogP contribution is 2.16. The topological polar surface area (TPSA) is 78.9 Å².